The summed E-state index contributed by atoms with van der Waals surface area (Å²) in [4.78, 5) is 12.0. The summed E-state index contributed by atoms with van der Waals surface area (Å²) in [6, 6.07) is 10.2. The first-order valence-electron chi connectivity index (χ1n) is 7.93. The first-order chi connectivity index (χ1) is 12.2. The molecule has 2 aromatic rings. The van der Waals surface area contributed by atoms with E-state index in [0.29, 0.717) is 10.6 Å². The lowest BCUT2D eigenvalue weighted by Gasteiger charge is -2.33. The van der Waals surface area contributed by atoms with Crippen molar-refractivity contribution in [3.8, 4) is 17.2 Å². The van der Waals surface area contributed by atoms with Crippen LogP contribution < -0.4 is 4.74 Å². The van der Waals surface area contributed by atoms with Gasteiger partial charge in [0.2, 0.25) is 5.91 Å². The second-order valence-electron chi connectivity index (χ2n) is 6.24. The Labute approximate surface area is 150 Å². The van der Waals surface area contributed by atoms with Crippen LogP contribution in [0.1, 0.15) is 23.1 Å². The number of rotatable bonds is 3. The van der Waals surface area contributed by atoms with Crippen LogP contribution in [0, 0.1) is 6.92 Å². The average Bonchev–Trinajstić information content (AvgIpc) is 2.59. The quantitative estimate of drug-likeness (QED) is 0.495. The van der Waals surface area contributed by atoms with Crippen molar-refractivity contribution in [2.24, 2.45) is 0 Å². The number of aliphatic hydroxyl groups is 1. The van der Waals surface area contributed by atoms with Gasteiger partial charge in [0.1, 0.15) is 28.6 Å². The zero-order valence-electron chi connectivity index (χ0n) is 14.3. The summed E-state index contributed by atoms with van der Waals surface area (Å²) in [5.74, 6) is -1.04. The summed E-state index contributed by atoms with van der Waals surface area (Å²) in [7, 11) is 1.15. The van der Waals surface area contributed by atoms with E-state index in [2.05, 4.69) is 0 Å². The van der Waals surface area contributed by atoms with Gasteiger partial charge in [-0.25, -0.2) is 5.06 Å². The van der Waals surface area contributed by atoms with Crippen molar-refractivity contribution in [2.75, 3.05) is 7.05 Å². The lowest BCUT2D eigenvalue weighted by molar-refractivity contribution is -0.163. The van der Waals surface area contributed by atoms with E-state index in [0.717, 1.165) is 7.05 Å². The number of ether oxygens (including phenoxy) is 1. The zero-order chi connectivity index (χ0) is 19.1. The third-order valence-electron chi connectivity index (χ3n) is 4.35. The number of aromatic hydroxyl groups is 2. The van der Waals surface area contributed by atoms with E-state index in [4.69, 9.17) is 4.74 Å². The summed E-state index contributed by atoms with van der Waals surface area (Å²) in [5, 5.41) is 41.4. The van der Waals surface area contributed by atoms with Gasteiger partial charge in [-0.1, -0.05) is 30.3 Å². The summed E-state index contributed by atoms with van der Waals surface area (Å²) in [6.45, 7) is 1.47. The van der Waals surface area contributed by atoms with Gasteiger partial charge in [0, 0.05) is 24.2 Å². The molecule has 0 radical (unpaired) electrons. The van der Waals surface area contributed by atoms with Crippen molar-refractivity contribution >= 4 is 11.7 Å². The Morgan fingerprint density at radius 1 is 1.23 bits per heavy atom. The minimum atomic E-state index is -1.94. The first-order valence-corrected chi connectivity index (χ1v) is 7.93. The number of phenolic OH excluding ortho intramolecular Hbond substituents is 2. The van der Waals surface area contributed by atoms with Crippen molar-refractivity contribution in [2.45, 2.75) is 18.9 Å². The van der Waals surface area contributed by atoms with Crippen LogP contribution in [0.5, 0.6) is 17.2 Å². The number of nitrogens with zero attached hydrogens (tertiary/aromatic N) is 1. The average molecular weight is 357 g/mol. The molecule has 0 aromatic heterocycles. The Kier molecular flexibility index (Phi) is 4.35. The fourth-order valence-corrected chi connectivity index (χ4v) is 2.89. The molecule has 0 saturated carbocycles. The molecule has 2 aromatic carbocycles. The number of phenols is 2. The molecule has 1 heterocycles. The highest BCUT2D eigenvalue weighted by Gasteiger charge is 2.41. The van der Waals surface area contributed by atoms with E-state index in [9.17, 15) is 25.3 Å². The highest BCUT2D eigenvalue weighted by Crippen LogP contribution is 2.49. The number of fused-ring (bicyclic) bond motifs is 1. The maximum absolute atomic E-state index is 12.0. The van der Waals surface area contributed by atoms with Crippen molar-refractivity contribution < 1.29 is 30.1 Å². The lowest BCUT2D eigenvalue weighted by Crippen LogP contribution is -2.35. The highest BCUT2D eigenvalue weighted by molar-refractivity contribution is 5.80. The van der Waals surface area contributed by atoms with Crippen LogP contribution >= 0.6 is 0 Å². The molecule has 1 atom stereocenters. The molecule has 136 valence electrons. The number of amides is 1. The second kappa shape index (κ2) is 6.36. The van der Waals surface area contributed by atoms with Crippen LogP contribution in [0.15, 0.2) is 42.5 Å². The fraction of sp³-hybridized carbons (Fsp3) is 0.211. The molecule has 4 N–H and O–H groups in total. The van der Waals surface area contributed by atoms with Crippen LogP contribution in [-0.2, 0) is 10.4 Å². The number of benzene rings is 2. The van der Waals surface area contributed by atoms with Gasteiger partial charge in [-0.2, -0.15) is 0 Å². The summed E-state index contributed by atoms with van der Waals surface area (Å²) in [5.41, 5.74) is -1.19. The van der Waals surface area contributed by atoms with Gasteiger partial charge in [-0.3, -0.25) is 10.0 Å². The molecular weight excluding hydrogens is 338 g/mol. The molecule has 0 saturated heterocycles. The molecule has 1 unspecified atom stereocenters. The molecule has 1 aliphatic rings. The Hall–Kier alpha value is -3.03. The maximum Gasteiger partial charge on any atom is 0.249 e. The molecule has 3 rings (SSSR count). The Morgan fingerprint density at radius 2 is 1.88 bits per heavy atom. The number of hydrogen-bond donors (Lipinski definition) is 4. The predicted molar refractivity (Wildman–Crippen MR) is 92.6 cm³/mol. The molecular formula is C19H19NO6. The van der Waals surface area contributed by atoms with Gasteiger partial charge >= 0.3 is 0 Å². The van der Waals surface area contributed by atoms with Crippen molar-refractivity contribution in [3.63, 3.8) is 0 Å². The number of carbonyl (C=O) groups is 1. The Morgan fingerprint density at radius 3 is 2.50 bits per heavy atom. The minimum absolute atomic E-state index is 0.0304. The second-order valence-corrected chi connectivity index (χ2v) is 6.24. The van der Waals surface area contributed by atoms with E-state index in [1.807, 2.05) is 6.07 Å². The lowest BCUT2D eigenvalue weighted by atomic mass is 9.84. The topological polar surface area (TPSA) is 110 Å². The van der Waals surface area contributed by atoms with Crippen LogP contribution in [0.3, 0.4) is 0 Å². The van der Waals surface area contributed by atoms with Crippen molar-refractivity contribution in [1.29, 1.82) is 0 Å². The molecule has 1 aliphatic heterocycles. The minimum Gasteiger partial charge on any atom is -0.507 e. The molecule has 0 aliphatic carbocycles. The maximum atomic E-state index is 12.0. The van der Waals surface area contributed by atoms with Gasteiger partial charge in [-0.15, -0.1) is 0 Å². The number of carbonyl (C=O) groups excluding carboxylic acids is 1. The van der Waals surface area contributed by atoms with Gasteiger partial charge in [0.25, 0.3) is 0 Å². The third kappa shape index (κ3) is 2.98. The van der Waals surface area contributed by atoms with E-state index >= 15 is 0 Å². The molecule has 0 fully saturated rings. The largest absolute Gasteiger partial charge is 0.507 e. The fourth-order valence-electron chi connectivity index (χ4n) is 2.89. The zero-order valence-corrected chi connectivity index (χ0v) is 14.3. The molecule has 26 heavy (non-hydrogen) atoms. The van der Waals surface area contributed by atoms with Gasteiger partial charge in [-0.05, 0) is 13.0 Å². The molecule has 0 bridgehead atoms. The standard InChI is InChI=1S/C19H19NO6/c1-11-13(21)8-14-17(18(11)23)19(24,10-16(22)20(2)25)9-15(26-14)12-6-4-3-5-7-12/h3-9,21,23-25H,10H2,1-2H3. The van der Waals surface area contributed by atoms with Crippen molar-refractivity contribution in [1.82, 2.24) is 5.06 Å². The summed E-state index contributed by atoms with van der Waals surface area (Å²) < 4.78 is 5.77. The molecule has 0 spiro atoms. The van der Waals surface area contributed by atoms with E-state index in [-0.39, 0.29) is 34.1 Å². The van der Waals surface area contributed by atoms with Crippen LogP contribution in [0.25, 0.3) is 5.76 Å². The molecule has 1 amide bonds. The van der Waals surface area contributed by atoms with Gasteiger partial charge in [0.05, 0.1) is 12.0 Å². The van der Waals surface area contributed by atoms with Gasteiger partial charge in [0.15, 0.2) is 0 Å². The first kappa shape index (κ1) is 17.8. The number of hydroxylamine groups is 2. The third-order valence-corrected chi connectivity index (χ3v) is 4.35. The van der Waals surface area contributed by atoms with E-state index < -0.39 is 17.9 Å². The highest BCUT2D eigenvalue weighted by atomic mass is 16.5. The van der Waals surface area contributed by atoms with E-state index in [1.54, 1.807) is 24.3 Å². The van der Waals surface area contributed by atoms with E-state index in [1.165, 1.54) is 19.1 Å². The van der Waals surface area contributed by atoms with Crippen LogP contribution in [0.4, 0.5) is 0 Å². The Bertz CT molecular complexity index is 891. The summed E-state index contributed by atoms with van der Waals surface area (Å²) in [6.07, 6.45) is 0.798. The Balaban J connectivity index is 2.20. The van der Waals surface area contributed by atoms with Crippen molar-refractivity contribution in [3.05, 3.63) is 59.2 Å². The van der Waals surface area contributed by atoms with Crippen LogP contribution in [0.2, 0.25) is 0 Å². The predicted octanol–water partition coefficient (Wildman–Crippen LogP) is 2.27. The smallest absolute Gasteiger partial charge is 0.249 e. The summed E-state index contributed by atoms with van der Waals surface area (Å²) >= 11 is 0. The number of hydrogen-bond acceptors (Lipinski definition) is 6. The monoisotopic (exact) mass is 357 g/mol. The SMILES string of the molecule is Cc1c(O)cc2c(c1O)C(O)(CC(=O)N(C)O)C=C(c1ccccc1)O2. The normalized spacial score (nSPS) is 18.5. The van der Waals surface area contributed by atoms with Crippen LogP contribution in [-0.4, -0.2) is 38.5 Å². The van der Waals surface area contributed by atoms with Gasteiger partial charge < -0.3 is 20.1 Å². The molecule has 7 nitrogen and oxygen atoms in total. The molecule has 7 heteroatoms.